The number of ether oxygens (including phenoxy) is 2. The molecule has 19 heavy (non-hydrogen) atoms. The van der Waals surface area contributed by atoms with Crippen LogP contribution in [0.4, 0.5) is 5.69 Å². The Morgan fingerprint density at radius 3 is 2.89 bits per heavy atom. The van der Waals surface area contributed by atoms with Gasteiger partial charge in [0.25, 0.3) is 0 Å². The highest BCUT2D eigenvalue weighted by Crippen LogP contribution is 2.30. The summed E-state index contributed by atoms with van der Waals surface area (Å²) in [5.74, 6) is 1.58. The van der Waals surface area contributed by atoms with Crippen molar-refractivity contribution in [2.75, 3.05) is 26.1 Å². The monoisotopic (exact) mass is 264 g/mol. The predicted octanol–water partition coefficient (Wildman–Crippen LogP) is 1.78. The SMILES string of the molecule is COc1ccc(NC2CCCNC(=O)C2)c(OC)c1. The molecule has 5 nitrogen and oxygen atoms in total. The van der Waals surface area contributed by atoms with E-state index in [1.54, 1.807) is 14.2 Å². The van der Waals surface area contributed by atoms with E-state index in [1.165, 1.54) is 0 Å². The van der Waals surface area contributed by atoms with E-state index in [-0.39, 0.29) is 11.9 Å². The highest BCUT2D eigenvalue weighted by molar-refractivity contribution is 5.77. The van der Waals surface area contributed by atoms with Crippen molar-refractivity contribution in [3.05, 3.63) is 18.2 Å². The van der Waals surface area contributed by atoms with Crippen LogP contribution < -0.4 is 20.1 Å². The normalized spacial score (nSPS) is 19.3. The first-order valence-electron chi connectivity index (χ1n) is 6.48. The van der Waals surface area contributed by atoms with Gasteiger partial charge in [-0.3, -0.25) is 4.79 Å². The van der Waals surface area contributed by atoms with E-state index in [4.69, 9.17) is 9.47 Å². The van der Waals surface area contributed by atoms with Crippen molar-refractivity contribution in [2.45, 2.75) is 25.3 Å². The van der Waals surface area contributed by atoms with E-state index in [2.05, 4.69) is 10.6 Å². The van der Waals surface area contributed by atoms with Crippen molar-refractivity contribution < 1.29 is 14.3 Å². The van der Waals surface area contributed by atoms with E-state index in [0.717, 1.165) is 36.6 Å². The van der Waals surface area contributed by atoms with Crippen LogP contribution in [0.5, 0.6) is 11.5 Å². The molecule has 1 aromatic rings. The van der Waals surface area contributed by atoms with Crippen molar-refractivity contribution >= 4 is 11.6 Å². The van der Waals surface area contributed by atoms with Gasteiger partial charge in [0, 0.05) is 25.1 Å². The van der Waals surface area contributed by atoms with Crippen LogP contribution >= 0.6 is 0 Å². The van der Waals surface area contributed by atoms with Crippen LogP contribution in [0.2, 0.25) is 0 Å². The van der Waals surface area contributed by atoms with E-state index in [0.29, 0.717) is 6.42 Å². The molecule has 5 heteroatoms. The number of benzene rings is 1. The molecule has 2 rings (SSSR count). The molecule has 1 aliphatic rings. The van der Waals surface area contributed by atoms with E-state index < -0.39 is 0 Å². The molecule has 1 atom stereocenters. The largest absolute Gasteiger partial charge is 0.497 e. The zero-order valence-electron chi connectivity index (χ0n) is 11.4. The van der Waals surface area contributed by atoms with Gasteiger partial charge in [-0.2, -0.15) is 0 Å². The Kier molecular flexibility index (Phi) is 4.49. The Balaban J connectivity index is 2.10. The van der Waals surface area contributed by atoms with Gasteiger partial charge < -0.3 is 20.1 Å². The maximum atomic E-state index is 11.5. The Hall–Kier alpha value is -1.91. The van der Waals surface area contributed by atoms with Crippen LogP contribution in [0.1, 0.15) is 19.3 Å². The van der Waals surface area contributed by atoms with E-state index in [9.17, 15) is 4.79 Å². The summed E-state index contributed by atoms with van der Waals surface area (Å²) < 4.78 is 10.5. The van der Waals surface area contributed by atoms with Crippen molar-refractivity contribution in [3.8, 4) is 11.5 Å². The molecule has 1 aliphatic heterocycles. The molecule has 0 spiro atoms. The van der Waals surface area contributed by atoms with Crippen molar-refractivity contribution in [1.29, 1.82) is 0 Å². The highest BCUT2D eigenvalue weighted by atomic mass is 16.5. The molecule has 1 aromatic carbocycles. The topological polar surface area (TPSA) is 59.6 Å². The molecule has 0 aromatic heterocycles. The number of methoxy groups -OCH3 is 2. The molecule has 1 amide bonds. The Bertz CT molecular complexity index is 448. The van der Waals surface area contributed by atoms with Gasteiger partial charge in [-0.15, -0.1) is 0 Å². The van der Waals surface area contributed by atoms with Gasteiger partial charge in [0.15, 0.2) is 0 Å². The number of rotatable bonds is 4. The summed E-state index contributed by atoms with van der Waals surface area (Å²) in [6.07, 6.45) is 2.45. The third kappa shape index (κ3) is 3.53. The van der Waals surface area contributed by atoms with Gasteiger partial charge in [0.05, 0.1) is 19.9 Å². The first kappa shape index (κ1) is 13.5. The second-order valence-corrected chi connectivity index (χ2v) is 4.60. The van der Waals surface area contributed by atoms with Crippen molar-refractivity contribution in [1.82, 2.24) is 5.32 Å². The fourth-order valence-corrected chi connectivity index (χ4v) is 2.24. The Morgan fingerprint density at radius 1 is 1.32 bits per heavy atom. The summed E-state index contributed by atoms with van der Waals surface area (Å²) in [6, 6.07) is 5.77. The van der Waals surface area contributed by atoms with Gasteiger partial charge in [-0.25, -0.2) is 0 Å². The predicted molar refractivity (Wildman–Crippen MR) is 73.8 cm³/mol. The second kappa shape index (κ2) is 6.31. The lowest BCUT2D eigenvalue weighted by Gasteiger charge is -2.19. The lowest BCUT2D eigenvalue weighted by atomic mass is 10.1. The first-order chi connectivity index (χ1) is 9.22. The minimum atomic E-state index is 0.0995. The zero-order valence-corrected chi connectivity index (χ0v) is 11.4. The maximum Gasteiger partial charge on any atom is 0.222 e. The number of hydrogen-bond donors (Lipinski definition) is 2. The van der Waals surface area contributed by atoms with Gasteiger partial charge in [0.1, 0.15) is 11.5 Å². The molecule has 1 fully saturated rings. The van der Waals surface area contributed by atoms with E-state index >= 15 is 0 Å². The molecule has 1 heterocycles. The summed E-state index contributed by atoms with van der Waals surface area (Å²) in [5, 5.41) is 6.26. The molecule has 0 saturated carbocycles. The number of nitrogens with one attached hydrogen (secondary N) is 2. The molecule has 1 unspecified atom stereocenters. The number of hydrogen-bond acceptors (Lipinski definition) is 4. The molecule has 0 aliphatic carbocycles. The van der Waals surface area contributed by atoms with Gasteiger partial charge in [-0.05, 0) is 25.0 Å². The Morgan fingerprint density at radius 2 is 2.16 bits per heavy atom. The number of carbonyl (C=O) groups is 1. The molecule has 104 valence electrons. The fourth-order valence-electron chi connectivity index (χ4n) is 2.24. The molecule has 0 bridgehead atoms. The summed E-state index contributed by atoms with van der Waals surface area (Å²) in [5.41, 5.74) is 0.892. The molecule has 2 N–H and O–H groups in total. The number of amides is 1. The smallest absolute Gasteiger partial charge is 0.222 e. The van der Waals surface area contributed by atoms with Crippen LogP contribution in [-0.4, -0.2) is 32.7 Å². The second-order valence-electron chi connectivity index (χ2n) is 4.60. The van der Waals surface area contributed by atoms with Gasteiger partial charge in [-0.1, -0.05) is 0 Å². The quantitative estimate of drug-likeness (QED) is 0.870. The lowest BCUT2D eigenvalue weighted by Crippen LogP contribution is -2.26. The zero-order chi connectivity index (χ0) is 13.7. The third-order valence-electron chi connectivity index (χ3n) is 3.25. The van der Waals surface area contributed by atoms with Crippen LogP contribution in [-0.2, 0) is 4.79 Å². The van der Waals surface area contributed by atoms with Crippen LogP contribution in [0.15, 0.2) is 18.2 Å². The molecule has 1 saturated heterocycles. The van der Waals surface area contributed by atoms with Crippen LogP contribution in [0, 0.1) is 0 Å². The Labute approximate surface area is 113 Å². The van der Waals surface area contributed by atoms with Gasteiger partial charge in [0.2, 0.25) is 5.91 Å². The lowest BCUT2D eigenvalue weighted by molar-refractivity contribution is -0.120. The average Bonchev–Trinajstić information content (AvgIpc) is 2.63. The van der Waals surface area contributed by atoms with Gasteiger partial charge >= 0.3 is 0 Å². The van der Waals surface area contributed by atoms with Crippen molar-refractivity contribution in [3.63, 3.8) is 0 Å². The third-order valence-corrected chi connectivity index (χ3v) is 3.25. The number of carbonyl (C=O) groups excluding carboxylic acids is 1. The molecular formula is C14H20N2O3. The maximum absolute atomic E-state index is 11.5. The van der Waals surface area contributed by atoms with Crippen molar-refractivity contribution in [2.24, 2.45) is 0 Å². The average molecular weight is 264 g/mol. The summed E-state index contributed by atoms with van der Waals surface area (Å²) >= 11 is 0. The first-order valence-corrected chi connectivity index (χ1v) is 6.48. The van der Waals surface area contributed by atoms with E-state index in [1.807, 2.05) is 18.2 Å². The van der Waals surface area contributed by atoms with Crippen LogP contribution in [0.3, 0.4) is 0 Å². The fraction of sp³-hybridized carbons (Fsp3) is 0.500. The minimum Gasteiger partial charge on any atom is -0.497 e. The number of anilines is 1. The summed E-state index contributed by atoms with van der Waals surface area (Å²) in [6.45, 7) is 0.761. The minimum absolute atomic E-state index is 0.0995. The summed E-state index contributed by atoms with van der Waals surface area (Å²) in [7, 11) is 3.25. The standard InChI is InChI=1S/C14H20N2O3/c1-18-11-5-6-12(13(9-11)19-2)16-10-4-3-7-15-14(17)8-10/h5-6,9-10,16H,3-4,7-8H2,1-2H3,(H,15,17). The molecular weight excluding hydrogens is 244 g/mol. The summed E-state index contributed by atoms with van der Waals surface area (Å²) in [4.78, 5) is 11.5. The highest BCUT2D eigenvalue weighted by Gasteiger charge is 2.18. The molecule has 0 radical (unpaired) electrons. The van der Waals surface area contributed by atoms with Crippen LogP contribution in [0.25, 0.3) is 0 Å².